The zero-order valence-corrected chi connectivity index (χ0v) is 9.38. The smallest absolute Gasteiger partial charge is 0.0436 e. The van der Waals surface area contributed by atoms with E-state index in [1.165, 1.54) is 5.56 Å². The monoisotopic (exact) mass is 218 g/mol. The maximum absolute atomic E-state index is 8.73. The summed E-state index contributed by atoms with van der Waals surface area (Å²) in [6.07, 6.45) is 0.807. The number of aliphatic hydroxyl groups is 1. The van der Waals surface area contributed by atoms with E-state index in [4.69, 9.17) is 16.7 Å². The van der Waals surface area contributed by atoms with Crippen LogP contribution in [0.15, 0.2) is 24.3 Å². The second-order valence-corrected chi connectivity index (χ2v) is 3.40. The first-order valence-electron chi connectivity index (χ1n) is 4.10. The predicted octanol–water partition coefficient (Wildman–Crippen LogP) is 2.94. The third kappa shape index (κ3) is 4.03. The van der Waals surface area contributed by atoms with Crippen molar-refractivity contribution in [3.05, 3.63) is 34.9 Å². The van der Waals surface area contributed by atoms with Crippen molar-refractivity contribution in [2.24, 2.45) is 0 Å². The Labute approximate surface area is 91.2 Å². The van der Waals surface area contributed by atoms with E-state index < -0.39 is 0 Å². The zero-order valence-electron chi connectivity index (χ0n) is 7.63. The Hall–Kier alpha value is -0.180. The Morgan fingerprint density at radius 3 is 2.31 bits per heavy atom. The topological polar surface area (TPSA) is 20.2 Å². The fourth-order valence-corrected chi connectivity index (χ4v) is 1.28. The van der Waals surface area contributed by atoms with Crippen molar-refractivity contribution in [1.29, 1.82) is 0 Å². The number of benzene rings is 1. The van der Waals surface area contributed by atoms with Gasteiger partial charge in [-0.2, -0.15) is 13.5 Å². The van der Waals surface area contributed by atoms with Crippen LogP contribution in [-0.4, -0.2) is 11.7 Å². The van der Waals surface area contributed by atoms with Gasteiger partial charge in [0.25, 0.3) is 0 Å². The minimum atomic E-state index is 0. The van der Waals surface area contributed by atoms with Gasteiger partial charge in [-0.05, 0) is 30.0 Å². The molecule has 0 saturated heterocycles. The molecule has 1 rings (SSSR count). The summed E-state index contributed by atoms with van der Waals surface area (Å²) < 4.78 is 0. The second-order valence-electron chi connectivity index (χ2n) is 2.96. The molecule has 0 heterocycles. The predicted molar refractivity (Wildman–Crippen MR) is 62.0 cm³/mol. The molecule has 0 aliphatic heterocycles. The number of hydrogen-bond acceptors (Lipinski definition) is 1. The summed E-state index contributed by atoms with van der Waals surface area (Å²) in [7, 11) is 0. The molecule has 1 aromatic rings. The Kier molecular flexibility index (Phi) is 6.21. The summed E-state index contributed by atoms with van der Waals surface area (Å²) in [4.78, 5) is 0. The van der Waals surface area contributed by atoms with E-state index in [0.29, 0.717) is 5.92 Å². The Morgan fingerprint density at radius 1 is 1.31 bits per heavy atom. The molecular weight excluding hydrogens is 204 g/mol. The van der Waals surface area contributed by atoms with Crippen molar-refractivity contribution in [3.8, 4) is 0 Å². The highest BCUT2D eigenvalue weighted by Gasteiger charge is 2.03. The largest absolute Gasteiger partial charge is 0.396 e. The van der Waals surface area contributed by atoms with E-state index in [-0.39, 0.29) is 20.1 Å². The van der Waals surface area contributed by atoms with Crippen LogP contribution in [0.3, 0.4) is 0 Å². The van der Waals surface area contributed by atoms with Gasteiger partial charge in [-0.15, -0.1) is 0 Å². The summed E-state index contributed by atoms with van der Waals surface area (Å²) in [5, 5.41) is 9.49. The molecule has 0 aliphatic rings. The highest BCUT2D eigenvalue weighted by atomic mass is 35.5. The molecule has 1 nitrogen and oxygen atoms in total. The lowest BCUT2D eigenvalue weighted by Gasteiger charge is -2.09. The average molecular weight is 219 g/mol. The molecule has 0 radical (unpaired) electrons. The normalized spacial score (nSPS) is 11.9. The Balaban J connectivity index is 0.00000144. The van der Waals surface area contributed by atoms with E-state index in [1.807, 2.05) is 24.3 Å². The first-order chi connectivity index (χ1) is 5.74. The summed E-state index contributed by atoms with van der Waals surface area (Å²) in [6.45, 7) is 2.34. The van der Waals surface area contributed by atoms with Crippen LogP contribution in [0.2, 0.25) is 5.02 Å². The zero-order chi connectivity index (χ0) is 8.97. The van der Waals surface area contributed by atoms with Crippen molar-refractivity contribution >= 4 is 25.1 Å². The molecular formula is C10H15ClOS. The summed E-state index contributed by atoms with van der Waals surface area (Å²) in [6, 6.07) is 7.76. The standard InChI is InChI=1S/C10H13ClO.H2S/c1-8(6-7-12)9-2-4-10(11)5-3-9;/h2-5,8,12H,6-7H2,1H3;1H2/t8-;/m0./s1. The van der Waals surface area contributed by atoms with Gasteiger partial charge in [-0.1, -0.05) is 30.7 Å². The van der Waals surface area contributed by atoms with E-state index in [0.717, 1.165) is 11.4 Å². The van der Waals surface area contributed by atoms with Crippen LogP contribution in [-0.2, 0) is 0 Å². The van der Waals surface area contributed by atoms with Crippen molar-refractivity contribution in [2.45, 2.75) is 19.3 Å². The van der Waals surface area contributed by atoms with E-state index in [2.05, 4.69) is 6.92 Å². The minimum absolute atomic E-state index is 0. The van der Waals surface area contributed by atoms with E-state index in [1.54, 1.807) is 0 Å². The van der Waals surface area contributed by atoms with Gasteiger partial charge in [0.2, 0.25) is 0 Å². The third-order valence-electron chi connectivity index (χ3n) is 2.00. The van der Waals surface area contributed by atoms with Gasteiger partial charge in [0.1, 0.15) is 0 Å². The van der Waals surface area contributed by atoms with Crippen LogP contribution in [0, 0.1) is 0 Å². The van der Waals surface area contributed by atoms with Crippen molar-refractivity contribution in [3.63, 3.8) is 0 Å². The van der Waals surface area contributed by atoms with Gasteiger partial charge in [-0.25, -0.2) is 0 Å². The van der Waals surface area contributed by atoms with Crippen LogP contribution >= 0.6 is 25.1 Å². The second kappa shape index (κ2) is 6.30. The van der Waals surface area contributed by atoms with Crippen LogP contribution in [0.25, 0.3) is 0 Å². The van der Waals surface area contributed by atoms with Gasteiger partial charge in [0, 0.05) is 11.6 Å². The van der Waals surface area contributed by atoms with Gasteiger partial charge in [0.15, 0.2) is 0 Å². The first kappa shape index (κ1) is 12.8. The Morgan fingerprint density at radius 2 is 1.85 bits per heavy atom. The molecule has 0 spiro atoms. The molecule has 1 N–H and O–H groups in total. The molecule has 0 fully saturated rings. The molecule has 1 aromatic carbocycles. The van der Waals surface area contributed by atoms with Crippen molar-refractivity contribution in [2.75, 3.05) is 6.61 Å². The Bertz CT molecular complexity index is 235. The number of rotatable bonds is 3. The number of aliphatic hydroxyl groups excluding tert-OH is 1. The SMILES string of the molecule is C[C@@H](CCO)c1ccc(Cl)cc1.S. The molecule has 0 amide bonds. The quantitative estimate of drug-likeness (QED) is 0.827. The lowest BCUT2D eigenvalue weighted by Crippen LogP contribution is -1.95. The molecule has 0 saturated carbocycles. The molecule has 0 aromatic heterocycles. The van der Waals surface area contributed by atoms with Crippen molar-refractivity contribution in [1.82, 2.24) is 0 Å². The van der Waals surface area contributed by atoms with Crippen LogP contribution in [0.4, 0.5) is 0 Å². The summed E-state index contributed by atoms with van der Waals surface area (Å²) >= 11 is 5.74. The van der Waals surface area contributed by atoms with E-state index >= 15 is 0 Å². The summed E-state index contributed by atoms with van der Waals surface area (Å²) in [5.41, 5.74) is 1.23. The van der Waals surface area contributed by atoms with Gasteiger partial charge in [0.05, 0.1) is 0 Å². The highest BCUT2D eigenvalue weighted by molar-refractivity contribution is 7.59. The minimum Gasteiger partial charge on any atom is -0.396 e. The molecule has 1 atom stereocenters. The van der Waals surface area contributed by atoms with Crippen molar-refractivity contribution < 1.29 is 5.11 Å². The molecule has 0 aliphatic carbocycles. The molecule has 74 valence electrons. The maximum Gasteiger partial charge on any atom is 0.0436 e. The summed E-state index contributed by atoms with van der Waals surface area (Å²) in [5.74, 6) is 0.410. The molecule has 13 heavy (non-hydrogen) atoms. The van der Waals surface area contributed by atoms with Gasteiger partial charge < -0.3 is 5.11 Å². The van der Waals surface area contributed by atoms with Crippen LogP contribution < -0.4 is 0 Å². The maximum atomic E-state index is 8.73. The lowest BCUT2D eigenvalue weighted by molar-refractivity contribution is 0.278. The van der Waals surface area contributed by atoms with Crippen LogP contribution in [0.1, 0.15) is 24.8 Å². The highest BCUT2D eigenvalue weighted by Crippen LogP contribution is 2.20. The van der Waals surface area contributed by atoms with Gasteiger partial charge in [-0.3, -0.25) is 0 Å². The third-order valence-corrected chi connectivity index (χ3v) is 2.25. The number of hydrogen-bond donors (Lipinski definition) is 1. The molecule has 0 unspecified atom stereocenters. The average Bonchev–Trinajstić information content (AvgIpc) is 2.06. The van der Waals surface area contributed by atoms with E-state index in [9.17, 15) is 0 Å². The fourth-order valence-electron chi connectivity index (χ4n) is 1.15. The lowest BCUT2D eigenvalue weighted by atomic mass is 9.98. The van der Waals surface area contributed by atoms with Crippen LogP contribution in [0.5, 0.6) is 0 Å². The number of halogens is 1. The fraction of sp³-hybridized carbons (Fsp3) is 0.400. The van der Waals surface area contributed by atoms with Gasteiger partial charge >= 0.3 is 0 Å². The molecule has 3 heteroatoms. The molecule has 0 bridgehead atoms. The first-order valence-corrected chi connectivity index (χ1v) is 4.48.